The minimum Gasteiger partial charge on any atom is -0.244 e. The summed E-state index contributed by atoms with van der Waals surface area (Å²) in [4.78, 5) is 5.76. The summed E-state index contributed by atoms with van der Waals surface area (Å²) in [6.07, 6.45) is -3.94. The predicted molar refractivity (Wildman–Crippen MR) is 55.1 cm³/mol. The molecule has 0 radical (unpaired) electrons. The normalized spacial score (nSPS) is 10.1. The van der Waals surface area contributed by atoms with Gasteiger partial charge in [0, 0.05) is 16.7 Å². The van der Waals surface area contributed by atoms with E-state index in [4.69, 9.17) is 17.1 Å². The van der Waals surface area contributed by atoms with E-state index >= 15 is 0 Å². The van der Waals surface area contributed by atoms with E-state index in [1.54, 1.807) is 0 Å². The van der Waals surface area contributed by atoms with Gasteiger partial charge in [-0.2, -0.15) is 13.2 Å². The highest BCUT2D eigenvalue weighted by molar-refractivity contribution is 6.29. The fraction of sp³-hybridized carbons (Fsp3) is 0.222. The largest absolute Gasteiger partial charge is 0.419 e. The van der Waals surface area contributed by atoms with Crippen molar-refractivity contribution in [3.8, 4) is 11.8 Å². The van der Waals surface area contributed by atoms with Gasteiger partial charge >= 0.3 is 6.18 Å². The summed E-state index contributed by atoms with van der Waals surface area (Å²) in [5.41, 5.74) is 6.69. The van der Waals surface area contributed by atoms with E-state index in [2.05, 4.69) is 26.9 Å². The molecule has 0 aliphatic rings. The van der Waals surface area contributed by atoms with E-state index in [1.165, 1.54) is 0 Å². The number of alkyl halides is 3. The predicted octanol–water partition coefficient (Wildman–Crippen LogP) is 3.42. The Bertz CT molecular complexity index is 523. The van der Waals surface area contributed by atoms with Crippen LogP contribution in [0.25, 0.3) is 10.4 Å². The first kappa shape index (κ1) is 13.2. The molecule has 0 atom stereocenters. The lowest BCUT2D eigenvalue weighted by atomic mass is 10.1. The molecule has 0 saturated carbocycles. The van der Waals surface area contributed by atoms with Gasteiger partial charge in [0.05, 0.1) is 12.1 Å². The Balaban J connectivity index is 3.15. The number of hydrogen-bond donors (Lipinski definition) is 0. The van der Waals surface area contributed by atoms with E-state index in [0.717, 1.165) is 6.07 Å². The minimum atomic E-state index is -4.56. The Morgan fingerprint density at radius 2 is 2.24 bits per heavy atom. The Labute approximate surface area is 99.0 Å². The molecule has 0 bridgehead atoms. The zero-order valence-electron chi connectivity index (χ0n) is 8.16. The molecular weight excluding hydrogens is 257 g/mol. The van der Waals surface area contributed by atoms with Crippen LogP contribution in [0.5, 0.6) is 0 Å². The lowest BCUT2D eigenvalue weighted by molar-refractivity contribution is -0.138. The summed E-state index contributed by atoms with van der Waals surface area (Å²) in [5.74, 6) is 4.52. The number of hydrogen-bond acceptors (Lipinski definition) is 2. The van der Waals surface area contributed by atoms with Gasteiger partial charge in [-0.15, -0.1) is 0 Å². The molecule has 0 aliphatic carbocycles. The molecule has 0 unspecified atom stereocenters. The van der Waals surface area contributed by atoms with Crippen molar-refractivity contribution < 1.29 is 13.2 Å². The molecule has 1 aromatic heterocycles. The van der Waals surface area contributed by atoms with Crippen LogP contribution in [0.3, 0.4) is 0 Å². The van der Waals surface area contributed by atoms with Gasteiger partial charge in [0.25, 0.3) is 0 Å². The minimum absolute atomic E-state index is 0.0916. The van der Waals surface area contributed by atoms with Gasteiger partial charge in [0.15, 0.2) is 0 Å². The second-order valence-corrected chi connectivity index (χ2v) is 3.13. The summed E-state index contributed by atoms with van der Waals surface area (Å²) >= 11 is 5.48. The molecule has 0 fully saturated rings. The topological polar surface area (TPSA) is 61.7 Å². The third-order valence-corrected chi connectivity index (χ3v) is 1.82. The number of aromatic nitrogens is 1. The molecular formula is C9H4ClF3N4. The molecule has 0 aromatic carbocycles. The van der Waals surface area contributed by atoms with Crippen molar-refractivity contribution in [3.63, 3.8) is 0 Å². The van der Waals surface area contributed by atoms with Crippen molar-refractivity contribution in [2.75, 3.05) is 6.54 Å². The SMILES string of the molecule is [N-]=[N+]=NCC#Cc1cc(Cl)ncc1C(F)(F)F. The van der Waals surface area contributed by atoms with Crippen molar-refractivity contribution in [1.29, 1.82) is 0 Å². The quantitative estimate of drug-likeness (QED) is 0.251. The standard InChI is InChI=1S/C9H4ClF3N4/c10-8-4-6(2-1-3-16-17-14)7(5-15-8)9(11,12)13/h4-5H,3H2. The average molecular weight is 261 g/mol. The molecule has 0 aliphatic heterocycles. The maximum atomic E-state index is 12.5. The zero-order chi connectivity index (χ0) is 12.9. The van der Waals surface area contributed by atoms with Crippen LogP contribution in [0.15, 0.2) is 17.4 Å². The third-order valence-electron chi connectivity index (χ3n) is 1.61. The maximum absolute atomic E-state index is 12.5. The van der Waals surface area contributed by atoms with Crippen molar-refractivity contribution in [2.45, 2.75) is 6.18 Å². The van der Waals surface area contributed by atoms with Gasteiger partial charge < -0.3 is 0 Å². The molecule has 0 N–H and O–H groups in total. The second kappa shape index (κ2) is 5.43. The number of nitrogens with zero attached hydrogens (tertiary/aromatic N) is 4. The zero-order valence-corrected chi connectivity index (χ0v) is 8.92. The fourth-order valence-corrected chi connectivity index (χ4v) is 1.12. The Hall–Kier alpha value is -1.90. The van der Waals surface area contributed by atoms with Crippen LogP contribution in [0.4, 0.5) is 13.2 Å². The summed E-state index contributed by atoms with van der Waals surface area (Å²) in [6, 6.07) is 1.01. The highest BCUT2D eigenvalue weighted by Crippen LogP contribution is 2.31. The Kier molecular flexibility index (Phi) is 4.21. The second-order valence-electron chi connectivity index (χ2n) is 2.74. The van der Waals surface area contributed by atoms with E-state index in [-0.39, 0.29) is 17.3 Å². The molecule has 0 spiro atoms. The van der Waals surface area contributed by atoms with Gasteiger partial charge in [-0.1, -0.05) is 28.6 Å². The number of pyridine rings is 1. The van der Waals surface area contributed by atoms with Gasteiger partial charge in [-0.05, 0) is 11.6 Å². The monoisotopic (exact) mass is 260 g/mol. The lowest BCUT2D eigenvalue weighted by Gasteiger charge is -2.08. The first-order valence-electron chi connectivity index (χ1n) is 4.17. The highest BCUT2D eigenvalue weighted by Gasteiger charge is 2.33. The van der Waals surface area contributed by atoms with Crippen LogP contribution in [0, 0.1) is 11.8 Å². The van der Waals surface area contributed by atoms with Gasteiger partial charge in [-0.3, -0.25) is 0 Å². The Morgan fingerprint density at radius 1 is 1.53 bits per heavy atom. The number of rotatable bonds is 1. The van der Waals surface area contributed by atoms with Crippen LogP contribution < -0.4 is 0 Å². The smallest absolute Gasteiger partial charge is 0.244 e. The van der Waals surface area contributed by atoms with Gasteiger partial charge in [-0.25, -0.2) is 4.98 Å². The van der Waals surface area contributed by atoms with Crippen LogP contribution in [-0.4, -0.2) is 11.5 Å². The molecule has 0 amide bonds. The molecule has 1 aromatic rings. The van der Waals surface area contributed by atoms with Crippen LogP contribution in [0.1, 0.15) is 11.1 Å². The molecule has 0 saturated heterocycles. The van der Waals surface area contributed by atoms with Crippen LogP contribution in [0.2, 0.25) is 5.15 Å². The van der Waals surface area contributed by atoms with Gasteiger partial charge in [0.2, 0.25) is 0 Å². The molecule has 1 heterocycles. The van der Waals surface area contributed by atoms with Crippen molar-refractivity contribution in [3.05, 3.63) is 39.0 Å². The molecule has 8 heteroatoms. The number of halogens is 4. The molecule has 4 nitrogen and oxygen atoms in total. The van der Waals surface area contributed by atoms with E-state index in [1.807, 2.05) is 0 Å². The summed E-state index contributed by atoms with van der Waals surface area (Å²) < 4.78 is 37.6. The average Bonchev–Trinajstić information content (AvgIpc) is 2.23. The lowest BCUT2D eigenvalue weighted by Crippen LogP contribution is -2.08. The van der Waals surface area contributed by atoms with Crippen LogP contribution >= 0.6 is 11.6 Å². The van der Waals surface area contributed by atoms with Crippen LogP contribution in [-0.2, 0) is 6.18 Å². The molecule has 17 heavy (non-hydrogen) atoms. The Morgan fingerprint density at radius 3 is 2.82 bits per heavy atom. The van der Waals surface area contributed by atoms with Gasteiger partial charge in [0.1, 0.15) is 5.15 Å². The van der Waals surface area contributed by atoms with Crippen molar-refractivity contribution >= 4 is 11.6 Å². The summed E-state index contributed by atoms with van der Waals surface area (Å²) in [7, 11) is 0. The summed E-state index contributed by atoms with van der Waals surface area (Å²) in [6.45, 7) is -0.215. The van der Waals surface area contributed by atoms with E-state index in [9.17, 15) is 13.2 Å². The van der Waals surface area contributed by atoms with Crippen molar-refractivity contribution in [2.24, 2.45) is 5.11 Å². The summed E-state index contributed by atoms with van der Waals surface area (Å²) in [5, 5.41) is 2.99. The number of azide groups is 1. The maximum Gasteiger partial charge on any atom is 0.419 e. The molecule has 88 valence electrons. The van der Waals surface area contributed by atoms with E-state index in [0.29, 0.717) is 6.20 Å². The molecule has 1 rings (SSSR count). The van der Waals surface area contributed by atoms with E-state index < -0.39 is 11.7 Å². The highest BCUT2D eigenvalue weighted by atomic mass is 35.5. The third kappa shape index (κ3) is 3.87. The first-order valence-corrected chi connectivity index (χ1v) is 4.55. The van der Waals surface area contributed by atoms with Crippen molar-refractivity contribution in [1.82, 2.24) is 4.98 Å². The fourth-order valence-electron chi connectivity index (χ4n) is 0.961. The first-order chi connectivity index (χ1) is 7.95.